The molecule has 3 aromatic rings. The summed E-state index contributed by atoms with van der Waals surface area (Å²) in [6.45, 7) is 3.70. The zero-order valence-electron chi connectivity index (χ0n) is 18.4. The van der Waals surface area contributed by atoms with Crippen LogP contribution in [0.3, 0.4) is 0 Å². The fourth-order valence-corrected chi connectivity index (χ4v) is 4.64. The van der Waals surface area contributed by atoms with Crippen molar-refractivity contribution in [1.29, 1.82) is 0 Å². The first kappa shape index (κ1) is 24.9. The summed E-state index contributed by atoms with van der Waals surface area (Å²) in [4.78, 5) is 28.9. The fraction of sp³-hybridized carbons (Fsp3) is 0.174. The lowest BCUT2D eigenvalue weighted by molar-refractivity contribution is 0.101. The highest BCUT2D eigenvalue weighted by atomic mass is 32.2. The van der Waals surface area contributed by atoms with E-state index in [2.05, 4.69) is 15.6 Å². The lowest BCUT2D eigenvalue weighted by Crippen LogP contribution is -2.31. The maximum atomic E-state index is 14.5. The number of amides is 2. The van der Waals surface area contributed by atoms with Crippen molar-refractivity contribution >= 4 is 33.2 Å². The molecule has 2 N–H and O–H groups in total. The number of nitrogens with one attached hydrogen (secondary N) is 2. The van der Waals surface area contributed by atoms with E-state index in [4.69, 9.17) is 0 Å². The van der Waals surface area contributed by atoms with Gasteiger partial charge in [-0.2, -0.15) is 4.31 Å². The number of nitrogens with zero attached hydrogens (tertiary/aromatic N) is 2. The molecule has 1 heterocycles. The summed E-state index contributed by atoms with van der Waals surface area (Å²) in [6.07, 6.45) is 1.42. The summed E-state index contributed by atoms with van der Waals surface area (Å²) in [7, 11) is -3.95. The molecule has 34 heavy (non-hydrogen) atoms. The van der Waals surface area contributed by atoms with Crippen molar-refractivity contribution in [3.8, 4) is 0 Å². The van der Waals surface area contributed by atoms with E-state index >= 15 is 0 Å². The van der Waals surface area contributed by atoms with E-state index in [0.29, 0.717) is 0 Å². The standard InChI is InChI=1S/C23H22F2N4O4S/c1-3-29(4-2)34(32,33)16-9-10-18(25)17(14-16)22(30)28-21-13-15(24)8-11-19(21)27-23(31)20-7-5-6-12-26-20/h5-14H,3-4H2,1-2H3,(H,27,31)(H,28,30). The lowest BCUT2D eigenvalue weighted by Gasteiger charge is -2.19. The minimum absolute atomic E-state index is 0.0396. The molecular formula is C23H22F2N4O4S. The first-order valence-electron chi connectivity index (χ1n) is 10.3. The number of halogens is 2. The molecule has 3 rings (SSSR count). The van der Waals surface area contributed by atoms with Crippen LogP contribution in [-0.4, -0.2) is 42.6 Å². The van der Waals surface area contributed by atoms with Crippen molar-refractivity contribution in [2.45, 2.75) is 18.7 Å². The van der Waals surface area contributed by atoms with Crippen molar-refractivity contribution in [2.75, 3.05) is 23.7 Å². The summed E-state index contributed by atoms with van der Waals surface area (Å²) < 4.78 is 55.0. The first-order chi connectivity index (χ1) is 16.2. The number of sulfonamides is 1. The van der Waals surface area contributed by atoms with Gasteiger partial charge in [0.2, 0.25) is 10.0 Å². The predicted octanol–water partition coefficient (Wildman–Crippen LogP) is 3.89. The Morgan fingerprint density at radius 1 is 0.912 bits per heavy atom. The van der Waals surface area contributed by atoms with Crippen LogP contribution >= 0.6 is 0 Å². The van der Waals surface area contributed by atoms with Gasteiger partial charge in [-0.25, -0.2) is 17.2 Å². The Balaban J connectivity index is 1.92. The maximum absolute atomic E-state index is 14.5. The largest absolute Gasteiger partial charge is 0.320 e. The van der Waals surface area contributed by atoms with Crippen LogP contribution in [0.1, 0.15) is 34.7 Å². The van der Waals surface area contributed by atoms with Crippen LogP contribution in [0, 0.1) is 11.6 Å². The van der Waals surface area contributed by atoms with Gasteiger partial charge in [0, 0.05) is 19.3 Å². The van der Waals surface area contributed by atoms with Gasteiger partial charge >= 0.3 is 0 Å². The molecule has 2 aromatic carbocycles. The molecule has 0 aliphatic heterocycles. The highest BCUT2D eigenvalue weighted by molar-refractivity contribution is 7.89. The highest BCUT2D eigenvalue weighted by Crippen LogP contribution is 2.26. The van der Waals surface area contributed by atoms with Crippen LogP contribution < -0.4 is 10.6 Å². The highest BCUT2D eigenvalue weighted by Gasteiger charge is 2.25. The van der Waals surface area contributed by atoms with Crippen LogP contribution in [0.15, 0.2) is 65.7 Å². The van der Waals surface area contributed by atoms with E-state index in [1.54, 1.807) is 26.0 Å². The van der Waals surface area contributed by atoms with Gasteiger partial charge in [0.15, 0.2) is 0 Å². The number of pyridine rings is 1. The summed E-state index contributed by atoms with van der Waals surface area (Å²) >= 11 is 0. The zero-order chi connectivity index (χ0) is 24.9. The molecule has 1 aromatic heterocycles. The van der Waals surface area contributed by atoms with E-state index < -0.39 is 39.0 Å². The molecular weight excluding hydrogens is 466 g/mol. The van der Waals surface area contributed by atoms with Gasteiger partial charge in [0.05, 0.1) is 21.8 Å². The lowest BCUT2D eigenvalue weighted by atomic mass is 10.1. The molecule has 0 radical (unpaired) electrons. The number of anilines is 2. The molecule has 178 valence electrons. The van der Waals surface area contributed by atoms with Gasteiger partial charge in [-0.05, 0) is 48.5 Å². The fourth-order valence-electron chi connectivity index (χ4n) is 3.15. The van der Waals surface area contributed by atoms with Crippen molar-refractivity contribution < 1.29 is 26.8 Å². The monoisotopic (exact) mass is 488 g/mol. The van der Waals surface area contributed by atoms with Gasteiger partial charge in [-0.3, -0.25) is 14.6 Å². The smallest absolute Gasteiger partial charge is 0.274 e. The number of hydrogen-bond acceptors (Lipinski definition) is 5. The average molecular weight is 489 g/mol. The minimum Gasteiger partial charge on any atom is -0.320 e. The zero-order valence-corrected chi connectivity index (χ0v) is 19.2. The van der Waals surface area contributed by atoms with Crippen molar-refractivity contribution in [3.63, 3.8) is 0 Å². The average Bonchev–Trinajstić information content (AvgIpc) is 2.82. The van der Waals surface area contributed by atoms with E-state index in [0.717, 1.165) is 30.3 Å². The van der Waals surface area contributed by atoms with E-state index in [1.165, 1.54) is 22.6 Å². The number of carbonyl (C=O) groups is 2. The summed E-state index contributed by atoms with van der Waals surface area (Å²) in [5.74, 6) is -3.31. The number of hydrogen-bond donors (Lipinski definition) is 2. The van der Waals surface area contributed by atoms with Crippen LogP contribution in [0.5, 0.6) is 0 Å². The molecule has 0 saturated carbocycles. The summed E-state index contributed by atoms with van der Waals surface area (Å²) in [5, 5.41) is 4.85. The molecule has 2 amide bonds. The number of benzene rings is 2. The molecule has 0 atom stereocenters. The van der Waals surface area contributed by atoms with E-state index in [1.807, 2.05) is 0 Å². The van der Waals surface area contributed by atoms with Gasteiger partial charge < -0.3 is 10.6 Å². The van der Waals surface area contributed by atoms with Crippen LogP contribution in [0.25, 0.3) is 0 Å². The Labute approximate surface area is 195 Å². The molecule has 8 nitrogen and oxygen atoms in total. The Bertz CT molecular complexity index is 1310. The molecule has 0 bridgehead atoms. The Morgan fingerprint density at radius 3 is 2.26 bits per heavy atom. The number of rotatable bonds is 8. The van der Waals surface area contributed by atoms with Crippen molar-refractivity contribution in [1.82, 2.24) is 9.29 Å². The molecule has 0 aliphatic rings. The number of carbonyl (C=O) groups excluding carboxylic acids is 2. The third-order valence-corrected chi connectivity index (χ3v) is 6.95. The van der Waals surface area contributed by atoms with Gasteiger partial charge in [-0.1, -0.05) is 19.9 Å². The topological polar surface area (TPSA) is 108 Å². The molecule has 0 spiro atoms. The minimum atomic E-state index is -3.95. The molecule has 0 fully saturated rings. The summed E-state index contributed by atoms with van der Waals surface area (Å²) in [5.41, 5.74) is -0.577. The van der Waals surface area contributed by atoms with Crippen LogP contribution in [0.4, 0.5) is 20.2 Å². The Morgan fingerprint density at radius 2 is 1.62 bits per heavy atom. The molecule has 0 unspecified atom stereocenters. The molecule has 11 heteroatoms. The molecule has 0 saturated heterocycles. The number of aromatic nitrogens is 1. The van der Waals surface area contributed by atoms with Crippen LogP contribution in [0.2, 0.25) is 0 Å². The second-order valence-electron chi connectivity index (χ2n) is 7.04. The SMILES string of the molecule is CCN(CC)S(=O)(=O)c1ccc(F)c(C(=O)Nc2cc(F)ccc2NC(=O)c2ccccn2)c1. The Kier molecular flexibility index (Phi) is 7.69. The third kappa shape index (κ3) is 5.43. The van der Waals surface area contributed by atoms with Gasteiger partial charge in [-0.15, -0.1) is 0 Å². The van der Waals surface area contributed by atoms with E-state index in [9.17, 15) is 26.8 Å². The van der Waals surface area contributed by atoms with Gasteiger partial charge in [0.25, 0.3) is 11.8 Å². The first-order valence-corrected chi connectivity index (χ1v) is 11.7. The molecule has 0 aliphatic carbocycles. The third-order valence-electron chi connectivity index (χ3n) is 4.90. The Hall–Kier alpha value is -3.70. The van der Waals surface area contributed by atoms with Crippen molar-refractivity contribution in [2.24, 2.45) is 0 Å². The maximum Gasteiger partial charge on any atom is 0.274 e. The predicted molar refractivity (Wildman–Crippen MR) is 123 cm³/mol. The quantitative estimate of drug-likeness (QED) is 0.500. The van der Waals surface area contributed by atoms with E-state index in [-0.39, 0.29) is 35.1 Å². The second kappa shape index (κ2) is 10.5. The van der Waals surface area contributed by atoms with Crippen molar-refractivity contribution in [3.05, 3.63) is 83.7 Å². The summed E-state index contributed by atoms with van der Waals surface area (Å²) in [6, 6.07) is 10.8. The van der Waals surface area contributed by atoms with Gasteiger partial charge in [0.1, 0.15) is 17.3 Å². The second-order valence-corrected chi connectivity index (χ2v) is 8.98. The normalized spacial score (nSPS) is 11.3. The van der Waals surface area contributed by atoms with Crippen LogP contribution in [-0.2, 0) is 10.0 Å².